The Kier molecular flexibility index (Phi) is 6.59. The molecule has 3 N–H and O–H groups in total. The number of aromatic nitrogens is 1. The van der Waals surface area contributed by atoms with Gasteiger partial charge >= 0.3 is 5.97 Å². The van der Waals surface area contributed by atoms with Crippen molar-refractivity contribution < 1.29 is 19.5 Å². The number of hydrogen-bond donors (Lipinski definition) is 3. The Morgan fingerprint density at radius 2 is 1.45 bits per heavy atom. The second-order valence-electron chi connectivity index (χ2n) is 5.90. The van der Waals surface area contributed by atoms with Crippen LogP contribution in [0.5, 0.6) is 0 Å². The van der Waals surface area contributed by atoms with Crippen LogP contribution >= 0.6 is 11.8 Å². The second-order valence-corrected chi connectivity index (χ2v) is 6.95. The zero-order valence-corrected chi connectivity index (χ0v) is 16.0. The Hall–Kier alpha value is -3.65. The van der Waals surface area contributed by atoms with Crippen LogP contribution in [0.1, 0.15) is 20.7 Å². The van der Waals surface area contributed by atoms with Crippen molar-refractivity contribution in [3.05, 3.63) is 84.2 Å². The Labute approximate surface area is 171 Å². The molecule has 0 bridgehead atoms. The fraction of sp³-hybridized carbons (Fsp3) is 0.0476. The molecule has 0 radical (unpaired) electrons. The molecular formula is C21H17N3O4S. The van der Waals surface area contributed by atoms with Gasteiger partial charge in [-0.2, -0.15) is 0 Å². The molecule has 1 heterocycles. The normalized spacial score (nSPS) is 10.2. The molecule has 0 aliphatic heterocycles. The predicted molar refractivity (Wildman–Crippen MR) is 111 cm³/mol. The third-order valence-electron chi connectivity index (χ3n) is 3.85. The first-order chi connectivity index (χ1) is 14.0. The van der Waals surface area contributed by atoms with E-state index < -0.39 is 11.9 Å². The highest BCUT2D eigenvalue weighted by Gasteiger charge is 2.15. The maximum absolute atomic E-state index is 12.4. The van der Waals surface area contributed by atoms with Gasteiger partial charge in [-0.3, -0.25) is 14.6 Å². The zero-order valence-electron chi connectivity index (χ0n) is 15.2. The van der Waals surface area contributed by atoms with E-state index >= 15 is 0 Å². The van der Waals surface area contributed by atoms with Crippen LogP contribution < -0.4 is 10.6 Å². The number of hydrogen-bond acceptors (Lipinski definition) is 5. The molecule has 3 aromatic rings. The summed E-state index contributed by atoms with van der Waals surface area (Å²) in [5, 5.41) is 14.7. The van der Waals surface area contributed by atoms with Crippen LogP contribution in [0, 0.1) is 0 Å². The standard InChI is InChI=1S/C21H17N3O4S/c25-19(23-15-9-11-22-12-10-15)13-29-16-7-5-14(6-8-16)24-20(26)17-3-1-2-4-18(17)21(27)28/h1-12H,13H2,(H,24,26)(H,27,28)(H,22,23,25). The molecule has 0 fully saturated rings. The molecule has 29 heavy (non-hydrogen) atoms. The summed E-state index contributed by atoms with van der Waals surface area (Å²) >= 11 is 1.36. The van der Waals surface area contributed by atoms with Crippen molar-refractivity contribution in [3.8, 4) is 0 Å². The molecule has 146 valence electrons. The third-order valence-corrected chi connectivity index (χ3v) is 4.86. The molecule has 2 amide bonds. The molecular weight excluding hydrogens is 390 g/mol. The first-order valence-electron chi connectivity index (χ1n) is 8.59. The summed E-state index contributed by atoms with van der Waals surface area (Å²) in [5.74, 6) is -1.56. The number of carboxylic acids is 1. The number of thioether (sulfide) groups is 1. The molecule has 8 heteroatoms. The largest absolute Gasteiger partial charge is 0.478 e. The lowest BCUT2D eigenvalue weighted by Crippen LogP contribution is -2.16. The molecule has 0 spiro atoms. The van der Waals surface area contributed by atoms with E-state index in [9.17, 15) is 19.5 Å². The average Bonchev–Trinajstić information content (AvgIpc) is 2.74. The van der Waals surface area contributed by atoms with Crippen LogP contribution in [0.4, 0.5) is 11.4 Å². The highest BCUT2D eigenvalue weighted by molar-refractivity contribution is 8.00. The summed E-state index contributed by atoms with van der Waals surface area (Å²) < 4.78 is 0. The van der Waals surface area contributed by atoms with Crippen LogP contribution in [0.2, 0.25) is 0 Å². The van der Waals surface area contributed by atoms with E-state index in [1.807, 2.05) is 0 Å². The maximum atomic E-state index is 12.4. The Balaban J connectivity index is 1.56. The molecule has 7 nitrogen and oxygen atoms in total. The molecule has 0 unspecified atom stereocenters. The molecule has 0 atom stereocenters. The third kappa shape index (κ3) is 5.66. The van der Waals surface area contributed by atoms with Crippen LogP contribution in [0.15, 0.2) is 78.0 Å². The van der Waals surface area contributed by atoms with E-state index in [0.29, 0.717) is 11.4 Å². The highest BCUT2D eigenvalue weighted by Crippen LogP contribution is 2.21. The summed E-state index contributed by atoms with van der Waals surface area (Å²) in [5.41, 5.74) is 1.25. The topological polar surface area (TPSA) is 108 Å². The first kappa shape index (κ1) is 20.1. The van der Waals surface area contributed by atoms with Crippen molar-refractivity contribution in [3.63, 3.8) is 0 Å². The Morgan fingerprint density at radius 3 is 2.10 bits per heavy atom. The van der Waals surface area contributed by atoms with Gasteiger partial charge in [-0.15, -0.1) is 11.8 Å². The number of benzene rings is 2. The fourth-order valence-electron chi connectivity index (χ4n) is 2.48. The quantitative estimate of drug-likeness (QED) is 0.515. The lowest BCUT2D eigenvalue weighted by molar-refractivity contribution is -0.113. The van der Waals surface area contributed by atoms with Gasteiger partial charge in [0.15, 0.2) is 0 Å². The monoisotopic (exact) mass is 407 g/mol. The number of carbonyl (C=O) groups excluding carboxylic acids is 2. The number of rotatable bonds is 7. The fourth-order valence-corrected chi connectivity index (χ4v) is 3.18. The molecule has 0 aliphatic rings. The van der Waals surface area contributed by atoms with Gasteiger partial charge in [0.05, 0.1) is 16.9 Å². The smallest absolute Gasteiger partial charge is 0.336 e. The average molecular weight is 407 g/mol. The summed E-state index contributed by atoms with van der Waals surface area (Å²) in [4.78, 5) is 40.4. The minimum Gasteiger partial charge on any atom is -0.478 e. The maximum Gasteiger partial charge on any atom is 0.336 e. The van der Waals surface area contributed by atoms with E-state index in [2.05, 4.69) is 15.6 Å². The van der Waals surface area contributed by atoms with Crippen molar-refractivity contribution >= 4 is 40.9 Å². The number of pyridine rings is 1. The van der Waals surface area contributed by atoms with Crippen molar-refractivity contribution in [1.29, 1.82) is 0 Å². The molecule has 0 aliphatic carbocycles. The number of anilines is 2. The van der Waals surface area contributed by atoms with E-state index in [0.717, 1.165) is 4.90 Å². The minimum atomic E-state index is -1.16. The van der Waals surface area contributed by atoms with E-state index in [-0.39, 0.29) is 22.8 Å². The number of nitrogens with one attached hydrogen (secondary N) is 2. The number of amides is 2. The van der Waals surface area contributed by atoms with Crippen molar-refractivity contribution in [2.45, 2.75) is 4.90 Å². The SMILES string of the molecule is O=C(CSc1ccc(NC(=O)c2ccccc2C(=O)O)cc1)Nc1ccncc1. The second kappa shape index (κ2) is 9.52. The van der Waals surface area contributed by atoms with Crippen LogP contribution in [-0.4, -0.2) is 33.6 Å². The van der Waals surface area contributed by atoms with Gasteiger partial charge in [0.1, 0.15) is 0 Å². The first-order valence-corrected chi connectivity index (χ1v) is 9.58. The molecule has 3 rings (SSSR count). The zero-order chi connectivity index (χ0) is 20.6. The number of carboxylic acid groups (broad SMARTS) is 1. The lowest BCUT2D eigenvalue weighted by atomic mass is 10.1. The van der Waals surface area contributed by atoms with Gasteiger partial charge in [0.2, 0.25) is 5.91 Å². The van der Waals surface area contributed by atoms with E-state index in [4.69, 9.17) is 0 Å². The van der Waals surface area contributed by atoms with Crippen molar-refractivity contribution in [1.82, 2.24) is 4.98 Å². The molecule has 2 aromatic carbocycles. The number of carbonyl (C=O) groups is 3. The van der Waals surface area contributed by atoms with Crippen molar-refractivity contribution in [2.75, 3.05) is 16.4 Å². The van der Waals surface area contributed by atoms with Gasteiger partial charge in [-0.25, -0.2) is 4.79 Å². The van der Waals surface area contributed by atoms with Crippen LogP contribution in [0.25, 0.3) is 0 Å². The lowest BCUT2D eigenvalue weighted by Gasteiger charge is -2.09. The van der Waals surface area contributed by atoms with Gasteiger partial charge in [0, 0.05) is 28.7 Å². The summed E-state index contributed by atoms with van der Waals surface area (Å²) in [7, 11) is 0. The van der Waals surface area contributed by atoms with Gasteiger partial charge in [-0.05, 0) is 48.5 Å². The number of aromatic carboxylic acids is 1. The van der Waals surface area contributed by atoms with Gasteiger partial charge in [-0.1, -0.05) is 12.1 Å². The van der Waals surface area contributed by atoms with E-state index in [1.165, 1.54) is 23.9 Å². The molecule has 1 aromatic heterocycles. The Bertz CT molecular complexity index is 1020. The number of nitrogens with zero attached hydrogens (tertiary/aromatic N) is 1. The summed E-state index contributed by atoms with van der Waals surface area (Å²) in [6, 6.07) is 16.4. The van der Waals surface area contributed by atoms with Crippen molar-refractivity contribution in [2.24, 2.45) is 0 Å². The highest BCUT2D eigenvalue weighted by atomic mass is 32.2. The summed E-state index contributed by atoms with van der Waals surface area (Å²) in [6.45, 7) is 0. The van der Waals surface area contributed by atoms with Gasteiger partial charge in [0.25, 0.3) is 5.91 Å². The predicted octanol–water partition coefficient (Wildman–Crippen LogP) is 3.76. The van der Waals surface area contributed by atoms with Crippen LogP contribution in [-0.2, 0) is 4.79 Å². The molecule has 0 saturated heterocycles. The summed E-state index contributed by atoms with van der Waals surface area (Å²) in [6.07, 6.45) is 3.20. The minimum absolute atomic E-state index is 0.0580. The molecule has 0 saturated carbocycles. The van der Waals surface area contributed by atoms with Gasteiger partial charge < -0.3 is 15.7 Å². The van der Waals surface area contributed by atoms with Crippen LogP contribution in [0.3, 0.4) is 0 Å². The van der Waals surface area contributed by atoms with E-state index in [1.54, 1.807) is 60.9 Å². The Morgan fingerprint density at radius 1 is 0.828 bits per heavy atom.